The maximum Gasteiger partial charge on any atom is 0.490 e. The Hall–Kier alpha value is -8.39. The van der Waals surface area contributed by atoms with Crippen molar-refractivity contribution in [3.05, 3.63) is 140 Å². The van der Waals surface area contributed by atoms with E-state index in [1.54, 1.807) is 40.8 Å². The molecule has 1 fully saturated rings. The summed E-state index contributed by atoms with van der Waals surface area (Å²) >= 11 is 0. The Morgan fingerprint density at radius 3 is 2.28 bits per heavy atom. The predicted octanol–water partition coefficient (Wildman–Crippen LogP) is 2.64. The number of nitrogens with zero attached hydrogens (tertiary/aromatic N) is 5. The Morgan fingerprint density at radius 2 is 1.57 bits per heavy atom. The number of aliphatic hydroxyl groups is 1. The Morgan fingerprint density at radius 1 is 0.843 bits per heavy atom. The fourth-order valence-electron chi connectivity index (χ4n) is 9.69. The topological polar surface area (TPSA) is 413 Å². The second-order valence-electron chi connectivity index (χ2n) is 20.6. The van der Waals surface area contributed by atoms with Crippen LogP contribution in [-0.2, 0) is 59.1 Å². The van der Waals surface area contributed by atoms with E-state index in [1.807, 2.05) is 97.2 Å². The minimum absolute atomic E-state index is 0.0184. The first-order chi connectivity index (χ1) is 42.0. The molecule has 0 bridgehead atoms. The van der Waals surface area contributed by atoms with Gasteiger partial charge in [-0.2, -0.15) is 8.62 Å². The van der Waals surface area contributed by atoms with Crippen molar-refractivity contribution in [3.8, 4) is 34.3 Å². The second kappa shape index (κ2) is 28.0. The number of aliphatic hydroxyl groups excluding tert-OH is 1. The van der Waals surface area contributed by atoms with Gasteiger partial charge in [-0.3, -0.25) is 38.0 Å². The van der Waals surface area contributed by atoms with Crippen LogP contribution < -0.4 is 42.0 Å². The molecule has 1 aliphatic carbocycles. The van der Waals surface area contributed by atoms with E-state index >= 15 is 0 Å². The second-order valence-corrected chi connectivity index (χ2v) is 25.0. The number of nitrogens with one attached hydrogen (secondary N) is 4. The van der Waals surface area contributed by atoms with Crippen molar-refractivity contribution in [1.82, 2.24) is 39.5 Å². The fourth-order valence-corrected chi connectivity index (χ4v) is 12.7. The number of phosphoric acid groups is 3. The number of carboxylic acid groups (broad SMARTS) is 1. The Bertz CT molecular complexity index is 4290. The number of aromatic carboxylic acids is 1. The molecule has 10 N–H and O–H groups in total. The van der Waals surface area contributed by atoms with E-state index in [-0.39, 0.29) is 87.0 Å². The minimum Gasteiger partial charge on any atom is -0.478 e. The molecule has 3 aromatic carbocycles. The number of ether oxygens (including phenoxy) is 1. The van der Waals surface area contributed by atoms with Gasteiger partial charge in [0.15, 0.2) is 0 Å². The Balaban J connectivity index is 0.817. The minimum atomic E-state index is -5.82. The zero-order valence-corrected chi connectivity index (χ0v) is 51.0. The standard InChI is InChI=1S/C56H62N9O21P3/c1-6-63(50(69)20-19-48(67)57-21-9-10-34-30-65(56(74)60-54(34)71)51-27-44(66)47(84-51)32-82-88(78,79)86-89(80,81)85-87(75,76)77)28-35-29-64(43-12-8-7-11-38(35)43)31-49(68)58-22-23-59-53(70)33-13-16-39(42(24-33)55(72)73)52-40-17-14-36(61(2)3)25-45(40)83-46-26-37(62(4)5)15-18-41(46)52/h7-8,11-18,24-26,29-30,44,47,51,66H,6,19-23,27-28,31-32H2,1-5H3,(H8-,57,58,59,60,67,68,70,71,72,73,74,75,76,77,78,79,80,81)/p+1. The lowest BCUT2D eigenvalue weighted by atomic mass is 9.89. The molecule has 0 spiro atoms. The van der Waals surface area contributed by atoms with Crippen LogP contribution in [0.5, 0.6) is 0 Å². The normalized spacial score (nSPS) is 16.2. The van der Waals surface area contributed by atoms with Crippen molar-refractivity contribution in [2.24, 2.45) is 0 Å². The lowest BCUT2D eigenvalue weighted by Crippen LogP contribution is -2.36. The maximum atomic E-state index is 13.5. The van der Waals surface area contributed by atoms with Crippen LogP contribution in [0.25, 0.3) is 44.3 Å². The van der Waals surface area contributed by atoms with E-state index in [9.17, 15) is 67.3 Å². The summed E-state index contributed by atoms with van der Waals surface area (Å²) in [4.78, 5) is 133. The first kappa shape index (κ1) is 66.6. The van der Waals surface area contributed by atoms with Crippen LogP contribution in [0, 0.1) is 11.8 Å². The number of aromatic nitrogens is 3. The number of rotatable bonds is 24. The van der Waals surface area contributed by atoms with E-state index in [0.717, 1.165) is 32.8 Å². The lowest BCUT2D eigenvalue weighted by molar-refractivity contribution is -0.133. The molecular weight excluding hydrogens is 1230 g/mol. The third-order valence-electron chi connectivity index (χ3n) is 14.0. The molecule has 89 heavy (non-hydrogen) atoms. The molecular formula is C56H63N9O21P3+. The number of amides is 4. The van der Waals surface area contributed by atoms with Gasteiger partial charge in [0.2, 0.25) is 23.1 Å². The molecule has 0 saturated carbocycles. The SMILES string of the molecule is CCN(Cc1cn(CC(=O)NCCNC(=O)c2ccc(-c3c4ccc(=[N+](C)C)cc-4oc4cc(N(C)C)ccc34)c(C(=O)O)c2)c2ccccc12)C(=O)CCC(=O)NCC#Cc1cn(C2CC(O)C(COP(=O)(O)OP(=O)(O)OP(=O)(O)O)O2)c(=O)[nH]c1=O. The van der Waals surface area contributed by atoms with Gasteiger partial charge in [-0.05, 0) is 54.4 Å². The quantitative estimate of drug-likeness (QED) is 0.0137. The number of para-hydroxylation sites is 1. The van der Waals surface area contributed by atoms with Crippen molar-refractivity contribution < 1.29 is 89.8 Å². The van der Waals surface area contributed by atoms with E-state index < -0.39 is 77.5 Å². The van der Waals surface area contributed by atoms with Gasteiger partial charge < -0.3 is 69.3 Å². The molecule has 33 heteroatoms. The van der Waals surface area contributed by atoms with Gasteiger partial charge in [-0.1, -0.05) is 36.1 Å². The van der Waals surface area contributed by atoms with Crippen LogP contribution in [-0.4, -0.2) is 152 Å². The van der Waals surface area contributed by atoms with Crippen molar-refractivity contribution in [2.45, 2.75) is 57.7 Å². The third-order valence-corrected chi connectivity index (χ3v) is 17.8. The summed E-state index contributed by atoms with van der Waals surface area (Å²) in [7, 11) is -9.42. The highest BCUT2D eigenvalue weighted by atomic mass is 31.3. The van der Waals surface area contributed by atoms with Crippen LogP contribution >= 0.6 is 23.5 Å². The molecule has 472 valence electrons. The number of aromatic amines is 1. The van der Waals surface area contributed by atoms with Gasteiger partial charge in [0.1, 0.15) is 49.9 Å². The van der Waals surface area contributed by atoms with Crippen LogP contribution in [0.1, 0.15) is 64.3 Å². The molecule has 5 unspecified atom stereocenters. The molecule has 5 aromatic rings. The van der Waals surface area contributed by atoms with E-state index in [4.69, 9.17) is 18.9 Å². The summed E-state index contributed by atoms with van der Waals surface area (Å²) < 4.78 is 62.9. The highest BCUT2D eigenvalue weighted by molar-refractivity contribution is 7.66. The summed E-state index contributed by atoms with van der Waals surface area (Å²) in [5.41, 5.74) is 2.36. The van der Waals surface area contributed by atoms with Crippen LogP contribution in [0.4, 0.5) is 5.69 Å². The highest BCUT2D eigenvalue weighted by Gasteiger charge is 2.43. The number of carbonyl (C=O) groups is 5. The molecule has 3 aliphatic rings. The molecule has 0 radical (unpaired) electrons. The molecule has 4 heterocycles. The molecule has 2 aliphatic heterocycles. The summed E-state index contributed by atoms with van der Waals surface area (Å²) in [6.45, 7) is 0.830. The number of anilines is 1. The average molecular weight is 1290 g/mol. The number of benzene rings is 4. The number of phosphoric ester groups is 1. The number of hydrogen-bond donors (Lipinski definition) is 10. The van der Waals surface area contributed by atoms with Crippen LogP contribution in [0.15, 0.2) is 105 Å². The third kappa shape index (κ3) is 16.9. The first-order valence-electron chi connectivity index (χ1n) is 27.2. The van der Waals surface area contributed by atoms with Crippen LogP contribution in [0.2, 0.25) is 0 Å². The number of carboxylic acids is 1. The number of carbonyl (C=O) groups excluding carboxylic acids is 4. The van der Waals surface area contributed by atoms with Crippen molar-refractivity contribution in [2.75, 3.05) is 65.9 Å². The molecule has 30 nitrogen and oxygen atoms in total. The molecule has 2 aromatic heterocycles. The number of H-pyrrole nitrogens is 1. The zero-order chi connectivity index (χ0) is 64.7. The summed E-state index contributed by atoms with van der Waals surface area (Å²) in [5, 5.41) is 31.5. The smallest absolute Gasteiger partial charge is 0.478 e. The highest BCUT2D eigenvalue weighted by Crippen LogP contribution is 2.66. The van der Waals surface area contributed by atoms with Gasteiger partial charge in [-0.25, -0.2) is 27.9 Å². The van der Waals surface area contributed by atoms with E-state index in [0.29, 0.717) is 38.9 Å². The van der Waals surface area contributed by atoms with Crippen molar-refractivity contribution in [1.29, 1.82) is 0 Å². The monoisotopic (exact) mass is 1290 g/mol. The molecule has 8 rings (SSSR count). The summed E-state index contributed by atoms with van der Waals surface area (Å²) in [5.74, 6) is 2.56. The lowest BCUT2D eigenvalue weighted by Gasteiger charge is -2.20. The average Bonchev–Trinajstić information content (AvgIpc) is 1.45. The maximum absolute atomic E-state index is 13.5. The number of hydrogen-bond acceptors (Lipinski definition) is 17. The van der Waals surface area contributed by atoms with Crippen molar-refractivity contribution in [3.63, 3.8) is 0 Å². The number of fused-ring (bicyclic) bond motifs is 3. The fraction of sp³-hybridized carbons (Fsp3) is 0.321. The summed E-state index contributed by atoms with van der Waals surface area (Å²) in [6.07, 6.45) is -2.34. The van der Waals surface area contributed by atoms with E-state index in [2.05, 4.69) is 40.9 Å². The molecule has 5 atom stereocenters. The van der Waals surface area contributed by atoms with Gasteiger partial charge in [-0.15, -0.1) is 0 Å². The largest absolute Gasteiger partial charge is 0.490 e. The summed E-state index contributed by atoms with van der Waals surface area (Å²) in [6, 6.07) is 23.2. The Labute approximate surface area is 505 Å². The molecule has 1 saturated heterocycles. The van der Waals surface area contributed by atoms with Gasteiger partial charge in [0.25, 0.3) is 11.5 Å². The van der Waals surface area contributed by atoms with E-state index in [1.165, 1.54) is 6.07 Å². The predicted molar refractivity (Wildman–Crippen MR) is 320 cm³/mol. The molecule has 4 amide bonds. The van der Waals surface area contributed by atoms with Gasteiger partial charge in [0.05, 0.1) is 30.9 Å². The van der Waals surface area contributed by atoms with Gasteiger partial charge in [0, 0.05) is 123 Å². The first-order valence-corrected chi connectivity index (χ1v) is 31.7. The Kier molecular flexibility index (Phi) is 20.9. The van der Waals surface area contributed by atoms with Gasteiger partial charge >= 0.3 is 35.1 Å². The zero-order valence-electron chi connectivity index (χ0n) is 48.3. The van der Waals surface area contributed by atoms with Crippen LogP contribution in [0.3, 0.4) is 0 Å². The van der Waals surface area contributed by atoms with Crippen molar-refractivity contribution >= 4 is 80.6 Å².